The zero-order valence-corrected chi connectivity index (χ0v) is 11.3. The van der Waals surface area contributed by atoms with Crippen LogP contribution in [0.3, 0.4) is 0 Å². The SMILES string of the molecule is COc1ccc(CN[C@@H](C)c2cccs2)c(F)c1. The van der Waals surface area contributed by atoms with Crippen LogP contribution in [0.4, 0.5) is 4.39 Å². The molecule has 1 atom stereocenters. The highest BCUT2D eigenvalue weighted by atomic mass is 32.1. The molecule has 18 heavy (non-hydrogen) atoms. The normalized spacial score (nSPS) is 12.4. The van der Waals surface area contributed by atoms with Crippen LogP contribution in [0.25, 0.3) is 0 Å². The molecule has 1 aromatic carbocycles. The minimum absolute atomic E-state index is 0.228. The van der Waals surface area contributed by atoms with Gasteiger partial charge in [-0.15, -0.1) is 11.3 Å². The van der Waals surface area contributed by atoms with Crippen LogP contribution in [-0.2, 0) is 6.54 Å². The Bertz CT molecular complexity index is 499. The van der Waals surface area contributed by atoms with Crippen molar-refractivity contribution in [3.63, 3.8) is 0 Å². The summed E-state index contributed by atoms with van der Waals surface area (Å²) >= 11 is 1.70. The predicted molar refractivity (Wildman–Crippen MR) is 72.5 cm³/mol. The zero-order chi connectivity index (χ0) is 13.0. The monoisotopic (exact) mass is 265 g/mol. The van der Waals surface area contributed by atoms with Gasteiger partial charge in [0.25, 0.3) is 0 Å². The second-order valence-corrected chi connectivity index (χ2v) is 5.05. The van der Waals surface area contributed by atoms with Crippen LogP contribution >= 0.6 is 11.3 Å². The molecule has 1 aromatic heterocycles. The van der Waals surface area contributed by atoms with Gasteiger partial charge in [0, 0.05) is 29.1 Å². The molecule has 1 N–H and O–H groups in total. The van der Waals surface area contributed by atoms with Crippen molar-refractivity contribution in [1.82, 2.24) is 5.32 Å². The minimum atomic E-state index is -0.236. The molecule has 1 heterocycles. The fraction of sp³-hybridized carbons (Fsp3) is 0.286. The molecule has 4 heteroatoms. The predicted octanol–water partition coefficient (Wildman–Crippen LogP) is 3.75. The Kier molecular flexibility index (Phi) is 4.33. The summed E-state index contributed by atoms with van der Waals surface area (Å²) in [7, 11) is 1.53. The van der Waals surface area contributed by atoms with Crippen LogP contribution in [0.15, 0.2) is 35.7 Å². The van der Waals surface area contributed by atoms with E-state index in [1.807, 2.05) is 11.4 Å². The lowest BCUT2D eigenvalue weighted by Gasteiger charge is -2.13. The average molecular weight is 265 g/mol. The van der Waals surface area contributed by atoms with Crippen molar-refractivity contribution in [1.29, 1.82) is 0 Å². The van der Waals surface area contributed by atoms with Gasteiger partial charge in [0.1, 0.15) is 11.6 Å². The van der Waals surface area contributed by atoms with E-state index in [1.54, 1.807) is 23.5 Å². The molecule has 0 aliphatic carbocycles. The number of thiophene rings is 1. The van der Waals surface area contributed by atoms with Crippen molar-refractivity contribution in [2.45, 2.75) is 19.5 Å². The average Bonchev–Trinajstić information content (AvgIpc) is 2.90. The van der Waals surface area contributed by atoms with Gasteiger partial charge in [-0.25, -0.2) is 4.39 Å². The number of hydrogen-bond acceptors (Lipinski definition) is 3. The lowest BCUT2D eigenvalue weighted by molar-refractivity contribution is 0.410. The molecule has 96 valence electrons. The van der Waals surface area contributed by atoms with Crippen molar-refractivity contribution in [3.05, 3.63) is 52.0 Å². The molecular weight excluding hydrogens is 249 g/mol. The van der Waals surface area contributed by atoms with E-state index in [9.17, 15) is 4.39 Å². The Morgan fingerprint density at radius 3 is 2.83 bits per heavy atom. The fourth-order valence-corrected chi connectivity index (χ4v) is 2.46. The number of benzene rings is 1. The van der Waals surface area contributed by atoms with E-state index in [1.165, 1.54) is 18.1 Å². The van der Waals surface area contributed by atoms with Crippen molar-refractivity contribution in [2.75, 3.05) is 7.11 Å². The first-order chi connectivity index (χ1) is 8.70. The first-order valence-corrected chi connectivity index (χ1v) is 6.68. The quantitative estimate of drug-likeness (QED) is 0.889. The van der Waals surface area contributed by atoms with Gasteiger partial charge < -0.3 is 10.1 Å². The van der Waals surface area contributed by atoms with Crippen molar-refractivity contribution in [3.8, 4) is 5.75 Å². The third-order valence-corrected chi connectivity index (χ3v) is 3.88. The Hall–Kier alpha value is -1.39. The highest BCUT2D eigenvalue weighted by Gasteiger charge is 2.08. The molecule has 0 saturated heterocycles. The Labute approximate surface area is 110 Å². The van der Waals surface area contributed by atoms with E-state index in [0.29, 0.717) is 17.9 Å². The van der Waals surface area contributed by atoms with Crippen molar-refractivity contribution in [2.24, 2.45) is 0 Å². The van der Waals surface area contributed by atoms with Gasteiger partial charge >= 0.3 is 0 Å². The minimum Gasteiger partial charge on any atom is -0.497 e. The molecule has 0 bridgehead atoms. The summed E-state index contributed by atoms with van der Waals surface area (Å²) in [5.74, 6) is 0.308. The molecule has 2 aromatic rings. The highest BCUT2D eigenvalue weighted by Crippen LogP contribution is 2.20. The zero-order valence-electron chi connectivity index (χ0n) is 10.4. The third kappa shape index (κ3) is 3.09. The summed E-state index contributed by atoms with van der Waals surface area (Å²) in [4.78, 5) is 1.25. The second kappa shape index (κ2) is 5.98. The maximum atomic E-state index is 13.7. The van der Waals surface area contributed by atoms with Crippen LogP contribution in [0, 0.1) is 5.82 Å². The van der Waals surface area contributed by atoms with E-state index in [-0.39, 0.29) is 11.9 Å². The molecule has 0 saturated carbocycles. The lowest BCUT2D eigenvalue weighted by Crippen LogP contribution is -2.17. The number of nitrogens with one attached hydrogen (secondary N) is 1. The number of rotatable bonds is 5. The molecule has 0 amide bonds. The maximum absolute atomic E-state index is 13.7. The summed E-state index contributed by atoms with van der Waals surface area (Å²) < 4.78 is 18.7. The Morgan fingerprint density at radius 1 is 1.39 bits per heavy atom. The highest BCUT2D eigenvalue weighted by molar-refractivity contribution is 7.10. The van der Waals surface area contributed by atoms with E-state index in [0.717, 1.165) is 0 Å². The number of halogens is 1. The van der Waals surface area contributed by atoms with Gasteiger partial charge in [0.15, 0.2) is 0 Å². The number of hydrogen-bond donors (Lipinski definition) is 1. The van der Waals surface area contributed by atoms with Gasteiger partial charge in [-0.3, -0.25) is 0 Å². The van der Waals surface area contributed by atoms with E-state index in [2.05, 4.69) is 18.3 Å². The number of ether oxygens (including phenoxy) is 1. The molecule has 0 aliphatic rings. The molecular formula is C14H16FNOS. The Balaban J connectivity index is 1.98. The Morgan fingerprint density at radius 2 is 2.22 bits per heavy atom. The second-order valence-electron chi connectivity index (χ2n) is 4.08. The molecule has 0 spiro atoms. The summed E-state index contributed by atoms with van der Waals surface area (Å²) in [6, 6.07) is 9.26. The molecule has 2 rings (SSSR count). The van der Waals surface area contributed by atoms with Gasteiger partial charge in [-0.05, 0) is 24.4 Å². The summed E-state index contributed by atoms with van der Waals surface area (Å²) in [6.07, 6.45) is 0. The van der Waals surface area contributed by atoms with Crippen LogP contribution in [0.5, 0.6) is 5.75 Å². The topological polar surface area (TPSA) is 21.3 Å². The molecule has 0 fully saturated rings. The maximum Gasteiger partial charge on any atom is 0.131 e. The fourth-order valence-electron chi connectivity index (χ4n) is 1.70. The first kappa shape index (κ1) is 13.1. The molecule has 0 unspecified atom stereocenters. The first-order valence-electron chi connectivity index (χ1n) is 5.80. The standard InChI is InChI=1S/C14H16FNOS/c1-10(14-4-3-7-18-14)16-9-11-5-6-12(17-2)8-13(11)15/h3-8,10,16H,9H2,1-2H3/t10-/m0/s1. The van der Waals surface area contributed by atoms with Gasteiger partial charge in [0.2, 0.25) is 0 Å². The summed E-state index contributed by atoms with van der Waals surface area (Å²) in [6.45, 7) is 2.59. The van der Waals surface area contributed by atoms with E-state index >= 15 is 0 Å². The number of methoxy groups -OCH3 is 1. The van der Waals surface area contributed by atoms with Crippen molar-refractivity contribution < 1.29 is 9.13 Å². The van der Waals surface area contributed by atoms with Gasteiger partial charge in [-0.2, -0.15) is 0 Å². The molecule has 0 radical (unpaired) electrons. The van der Waals surface area contributed by atoms with E-state index in [4.69, 9.17) is 4.74 Å². The summed E-state index contributed by atoms with van der Waals surface area (Å²) in [5.41, 5.74) is 0.652. The van der Waals surface area contributed by atoms with E-state index < -0.39 is 0 Å². The third-order valence-electron chi connectivity index (χ3n) is 2.83. The lowest BCUT2D eigenvalue weighted by atomic mass is 10.2. The van der Waals surface area contributed by atoms with Gasteiger partial charge in [-0.1, -0.05) is 12.1 Å². The smallest absolute Gasteiger partial charge is 0.131 e. The molecule has 0 aliphatic heterocycles. The largest absolute Gasteiger partial charge is 0.497 e. The van der Waals surface area contributed by atoms with Crippen LogP contribution in [0.1, 0.15) is 23.4 Å². The van der Waals surface area contributed by atoms with Crippen LogP contribution in [-0.4, -0.2) is 7.11 Å². The van der Waals surface area contributed by atoms with Crippen molar-refractivity contribution >= 4 is 11.3 Å². The van der Waals surface area contributed by atoms with Crippen LogP contribution in [0.2, 0.25) is 0 Å². The summed E-state index contributed by atoms with van der Waals surface area (Å²) in [5, 5.41) is 5.35. The van der Waals surface area contributed by atoms with Gasteiger partial charge in [0.05, 0.1) is 7.11 Å². The molecule has 2 nitrogen and oxygen atoms in total. The van der Waals surface area contributed by atoms with Crippen LogP contribution < -0.4 is 10.1 Å².